The number of rotatable bonds is 5. The summed E-state index contributed by atoms with van der Waals surface area (Å²) in [5.41, 5.74) is -0.539. The second-order valence-corrected chi connectivity index (χ2v) is 3.27. The summed E-state index contributed by atoms with van der Waals surface area (Å²) in [6, 6.07) is 0. The van der Waals surface area contributed by atoms with Crippen LogP contribution in [0.5, 0.6) is 0 Å². The fourth-order valence-electron chi connectivity index (χ4n) is 1.34. The first-order valence-electron chi connectivity index (χ1n) is 5.19. The molecule has 1 rings (SSSR count). The van der Waals surface area contributed by atoms with Gasteiger partial charge in [0.05, 0.1) is 6.61 Å². The number of aromatic nitrogens is 2. The maximum atomic E-state index is 13.5. The molecule has 0 aliphatic carbocycles. The quantitative estimate of drug-likeness (QED) is 0.711. The van der Waals surface area contributed by atoms with Crippen molar-refractivity contribution in [2.75, 3.05) is 6.61 Å². The molecule has 1 aromatic heterocycles. The molecular formula is C10H15FN2O3. The first-order valence-corrected chi connectivity index (χ1v) is 5.19. The third kappa shape index (κ3) is 2.50. The molecule has 6 heteroatoms. The Balaban J connectivity index is 2.88. The number of imidazole rings is 1. The fourth-order valence-corrected chi connectivity index (χ4v) is 1.34. The summed E-state index contributed by atoms with van der Waals surface area (Å²) in [5.74, 6) is -1.04. The van der Waals surface area contributed by atoms with Gasteiger partial charge in [0.15, 0.2) is 0 Å². The summed E-state index contributed by atoms with van der Waals surface area (Å²) in [5, 5.41) is 0. The molecule has 0 radical (unpaired) electrons. The van der Waals surface area contributed by atoms with Gasteiger partial charge in [0, 0.05) is 18.9 Å². The van der Waals surface area contributed by atoms with Crippen LogP contribution in [0.15, 0.2) is 17.2 Å². The van der Waals surface area contributed by atoms with E-state index in [1.54, 1.807) is 6.92 Å². The number of aryl methyl sites for hydroxylation is 1. The second kappa shape index (κ2) is 5.48. The molecule has 1 atom stereocenters. The van der Waals surface area contributed by atoms with Gasteiger partial charge in [-0.2, -0.15) is 0 Å². The highest BCUT2D eigenvalue weighted by Crippen LogP contribution is 2.07. The zero-order valence-corrected chi connectivity index (χ0v) is 9.35. The minimum atomic E-state index is -2.06. The zero-order chi connectivity index (χ0) is 12.1. The minimum absolute atomic E-state index is 0.0870. The van der Waals surface area contributed by atoms with Crippen molar-refractivity contribution in [2.24, 2.45) is 0 Å². The van der Waals surface area contributed by atoms with Crippen LogP contribution in [0.1, 0.15) is 26.6 Å². The topological polar surface area (TPSA) is 53.2 Å². The van der Waals surface area contributed by atoms with Gasteiger partial charge in [-0.3, -0.25) is 9.13 Å². The Kier molecular flexibility index (Phi) is 4.28. The number of alkyl halides is 1. The molecule has 0 spiro atoms. The summed E-state index contributed by atoms with van der Waals surface area (Å²) in [6.45, 7) is 4.07. The van der Waals surface area contributed by atoms with Gasteiger partial charge >= 0.3 is 11.7 Å². The number of halogens is 1. The van der Waals surface area contributed by atoms with Crippen LogP contribution in [-0.4, -0.2) is 21.7 Å². The molecule has 1 heterocycles. The van der Waals surface area contributed by atoms with E-state index >= 15 is 0 Å². The molecular weight excluding hydrogens is 215 g/mol. The van der Waals surface area contributed by atoms with Crippen molar-refractivity contribution in [2.45, 2.75) is 33.1 Å². The van der Waals surface area contributed by atoms with E-state index in [4.69, 9.17) is 0 Å². The molecule has 0 N–H and O–H groups in total. The predicted octanol–water partition coefficient (Wildman–Crippen LogP) is 1.09. The lowest BCUT2D eigenvalue weighted by molar-refractivity contribution is -0.153. The summed E-state index contributed by atoms with van der Waals surface area (Å²) in [4.78, 5) is 22.7. The highest BCUT2D eigenvalue weighted by atomic mass is 19.1. The van der Waals surface area contributed by atoms with Crippen LogP contribution in [-0.2, 0) is 16.1 Å². The van der Waals surface area contributed by atoms with E-state index in [2.05, 4.69) is 4.74 Å². The van der Waals surface area contributed by atoms with E-state index in [0.29, 0.717) is 6.54 Å². The zero-order valence-electron chi connectivity index (χ0n) is 9.35. The summed E-state index contributed by atoms with van der Waals surface area (Å²) in [7, 11) is 0. The van der Waals surface area contributed by atoms with Gasteiger partial charge < -0.3 is 4.74 Å². The van der Waals surface area contributed by atoms with Crippen molar-refractivity contribution < 1.29 is 13.9 Å². The number of carbonyl (C=O) groups excluding carboxylic acids is 1. The molecule has 0 amide bonds. The highest BCUT2D eigenvalue weighted by Gasteiger charge is 2.22. The summed E-state index contributed by atoms with van der Waals surface area (Å²) < 4.78 is 20.1. The molecule has 0 saturated heterocycles. The second-order valence-electron chi connectivity index (χ2n) is 3.27. The number of hydrogen-bond acceptors (Lipinski definition) is 3. The van der Waals surface area contributed by atoms with Crippen molar-refractivity contribution >= 4 is 5.97 Å². The van der Waals surface area contributed by atoms with E-state index in [1.165, 1.54) is 17.0 Å². The Morgan fingerprint density at radius 2 is 2.19 bits per heavy atom. The van der Waals surface area contributed by atoms with E-state index in [0.717, 1.165) is 11.0 Å². The predicted molar refractivity (Wildman–Crippen MR) is 55.8 cm³/mol. The van der Waals surface area contributed by atoms with Gasteiger partial charge in [0.1, 0.15) is 0 Å². The molecule has 16 heavy (non-hydrogen) atoms. The highest BCUT2D eigenvalue weighted by molar-refractivity contribution is 5.72. The van der Waals surface area contributed by atoms with Gasteiger partial charge in [-0.05, 0) is 13.3 Å². The van der Waals surface area contributed by atoms with Crippen LogP contribution in [0.2, 0.25) is 0 Å². The maximum absolute atomic E-state index is 13.5. The molecule has 90 valence electrons. The standard InChI is InChI=1S/C10H15FN2O3/c1-3-5-12-6-7-13(10(12)15)8(11)9(14)16-4-2/h6-8H,3-5H2,1-2H3. The van der Waals surface area contributed by atoms with Crippen LogP contribution < -0.4 is 5.69 Å². The maximum Gasteiger partial charge on any atom is 0.362 e. The van der Waals surface area contributed by atoms with Gasteiger partial charge in [0.25, 0.3) is 6.30 Å². The van der Waals surface area contributed by atoms with E-state index in [9.17, 15) is 14.0 Å². The Hall–Kier alpha value is -1.59. The van der Waals surface area contributed by atoms with Crippen LogP contribution in [0, 0.1) is 0 Å². The van der Waals surface area contributed by atoms with E-state index in [-0.39, 0.29) is 6.61 Å². The van der Waals surface area contributed by atoms with Gasteiger partial charge in [0.2, 0.25) is 0 Å². The van der Waals surface area contributed by atoms with Crippen molar-refractivity contribution in [3.05, 3.63) is 22.9 Å². The number of hydrogen-bond donors (Lipinski definition) is 0. The van der Waals surface area contributed by atoms with Crippen molar-refractivity contribution in [3.63, 3.8) is 0 Å². The van der Waals surface area contributed by atoms with Crippen molar-refractivity contribution in [3.8, 4) is 0 Å². The molecule has 5 nitrogen and oxygen atoms in total. The van der Waals surface area contributed by atoms with Gasteiger partial charge in [-0.25, -0.2) is 14.0 Å². The number of ether oxygens (including phenoxy) is 1. The van der Waals surface area contributed by atoms with Crippen LogP contribution >= 0.6 is 0 Å². The number of nitrogens with zero attached hydrogens (tertiary/aromatic N) is 2. The normalized spacial score (nSPS) is 12.4. The average molecular weight is 230 g/mol. The Bertz CT molecular complexity index is 410. The number of carbonyl (C=O) groups is 1. The lowest BCUT2D eigenvalue weighted by Crippen LogP contribution is -2.30. The largest absolute Gasteiger partial charge is 0.462 e. The van der Waals surface area contributed by atoms with Crippen molar-refractivity contribution in [1.29, 1.82) is 0 Å². The molecule has 0 saturated carbocycles. The first-order chi connectivity index (χ1) is 7.61. The Labute approximate surface area is 92.4 Å². The third-order valence-electron chi connectivity index (χ3n) is 2.06. The van der Waals surface area contributed by atoms with Crippen LogP contribution in [0.3, 0.4) is 0 Å². The monoisotopic (exact) mass is 230 g/mol. The molecule has 0 fully saturated rings. The smallest absolute Gasteiger partial charge is 0.362 e. The van der Waals surface area contributed by atoms with Gasteiger partial charge in [-0.15, -0.1) is 0 Å². The average Bonchev–Trinajstić information content (AvgIpc) is 2.61. The summed E-state index contributed by atoms with van der Waals surface area (Å²) >= 11 is 0. The van der Waals surface area contributed by atoms with E-state index in [1.807, 2.05) is 6.92 Å². The Morgan fingerprint density at radius 1 is 1.50 bits per heavy atom. The first kappa shape index (κ1) is 12.5. The summed E-state index contributed by atoms with van der Waals surface area (Å²) in [6.07, 6.45) is 1.41. The fraction of sp³-hybridized carbons (Fsp3) is 0.600. The molecule has 0 aliphatic heterocycles. The van der Waals surface area contributed by atoms with Gasteiger partial charge in [-0.1, -0.05) is 6.92 Å². The third-order valence-corrected chi connectivity index (χ3v) is 2.06. The molecule has 0 bridgehead atoms. The lowest BCUT2D eigenvalue weighted by atomic mass is 10.5. The number of esters is 1. The van der Waals surface area contributed by atoms with E-state index < -0.39 is 18.0 Å². The van der Waals surface area contributed by atoms with Crippen molar-refractivity contribution in [1.82, 2.24) is 9.13 Å². The molecule has 1 unspecified atom stereocenters. The SMILES string of the molecule is CCCn1ccn(C(F)C(=O)OCC)c1=O. The minimum Gasteiger partial charge on any atom is -0.462 e. The molecule has 1 aromatic rings. The van der Waals surface area contributed by atoms with Crippen LogP contribution in [0.25, 0.3) is 0 Å². The Morgan fingerprint density at radius 3 is 2.75 bits per heavy atom. The van der Waals surface area contributed by atoms with Crippen LogP contribution in [0.4, 0.5) is 4.39 Å². The lowest BCUT2D eigenvalue weighted by Gasteiger charge is -2.07. The molecule has 0 aliphatic rings. The molecule has 0 aromatic carbocycles.